The van der Waals surface area contributed by atoms with Gasteiger partial charge in [-0.25, -0.2) is 0 Å². The van der Waals surface area contributed by atoms with Crippen LogP contribution in [0.1, 0.15) is 41.0 Å². The predicted octanol–water partition coefficient (Wildman–Crippen LogP) is 1.38. The molecule has 1 aliphatic heterocycles. The molecule has 1 saturated heterocycles. The highest BCUT2D eigenvalue weighted by Crippen LogP contribution is 2.16. The Labute approximate surface area is 149 Å². The first-order valence-electron chi connectivity index (χ1n) is 9.60. The Morgan fingerprint density at radius 2 is 1.83 bits per heavy atom. The molecule has 0 aliphatic carbocycles. The van der Waals surface area contributed by atoms with Gasteiger partial charge in [-0.05, 0) is 40.3 Å². The smallest absolute Gasteiger partial charge is 0.191 e. The second-order valence-corrected chi connectivity index (χ2v) is 6.97. The van der Waals surface area contributed by atoms with Crippen molar-refractivity contribution >= 4 is 5.96 Å². The second kappa shape index (κ2) is 11.7. The number of nitrogens with one attached hydrogen (secondary N) is 2. The van der Waals surface area contributed by atoms with Crippen LogP contribution < -0.4 is 10.6 Å². The molecule has 0 spiro atoms. The van der Waals surface area contributed by atoms with Gasteiger partial charge in [0.15, 0.2) is 5.96 Å². The summed E-state index contributed by atoms with van der Waals surface area (Å²) in [6.07, 6.45) is 1.20. The minimum Gasteiger partial charge on any atom is -0.379 e. The quantitative estimate of drug-likeness (QED) is 0.464. The molecule has 0 saturated carbocycles. The summed E-state index contributed by atoms with van der Waals surface area (Å²) in [5.41, 5.74) is 0.0593. The van der Waals surface area contributed by atoms with E-state index in [0.717, 1.165) is 71.5 Å². The molecule has 0 unspecified atom stereocenters. The molecule has 0 atom stereocenters. The van der Waals surface area contributed by atoms with E-state index < -0.39 is 0 Å². The van der Waals surface area contributed by atoms with E-state index in [4.69, 9.17) is 9.73 Å². The fraction of sp³-hybridized carbons (Fsp3) is 0.944. The summed E-state index contributed by atoms with van der Waals surface area (Å²) in [4.78, 5) is 9.76. The molecule has 0 radical (unpaired) electrons. The molecule has 0 aromatic rings. The first-order chi connectivity index (χ1) is 11.5. The third-order valence-electron chi connectivity index (χ3n) is 4.54. The lowest BCUT2D eigenvalue weighted by molar-refractivity contribution is -0.00683. The van der Waals surface area contributed by atoms with E-state index in [-0.39, 0.29) is 5.54 Å². The lowest BCUT2D eigenvalue weighted by Crippen LogP contribution is -2.52. The van der Waals surface area contributed by atoms with E-state index in [1.54, 1.807) is 0 Å². The second-order valence-electron chi connectivity index (χ2n) is 6.97. The van der Waals surface area contributed by atoms with Crippen LogP contribution in [0.5, 0.6) is 0 Å². The van der Waals surface area contributed by atoms with Crippen molar-refractivity contribution in [3.05, 3.63) is 0 Å². The van der Waals surface area contributed by atoms with Crippen LogP contribution in [0, 0.1) is 0 Å². The Hall–Kier alpha value is -0.850. The van der Waals surface area contributed by atoms with E-state index in [1.165, 1.54) is 6.42 Å². The van der Waals surface area contributed by atoms with Crippen LogP contribution in [-0.2, 0) is 4.74 Å². The van der Waals surface area contributed by atoms with Crippen LogP contribution in [0.15, 0.2) is 4.99 Å². The molecule has 0 amide bonds. The van der Waals surface area contributed by atoms with Crippen molar-refractivity contribution in [1.29, 1.82) is 0 Å². The van der Waals surface area contributed by atoms with Gasteiger partial charge in [-0.1, -0.05) is 13.8 Å². The number of ether oxygens (including phenoxy) is 1. The average molecular weight is 342 g/mol. The Bertz CT molecular complexity index is 353. The number of likely N-dealkylation sites (N-methyl/N-ethyl adjacent to an activating group) is 1. The zero-order chi connectivity index (χ0) is 17.8. The first kappa shape index (κ1) is 21.2. The normalized spacial score (nSPS) is 17.3. The maximum atomic E-state index is 5.46. The molecule has 0 aromatic heterocycles. The Balaban J connectivity index is 2.48. The summed E-state index contributed by atoms with van der Waals surface area (Å²) in [7, 11) is 0. The van der Waals surface area contributed by atoms with Gasteiger partial charge in [0.25, 0.3) is 0 Å². The molecule has 1 aliphatic rings. The number of aliphatic imine (C=N–C) groups is 1. The Morgan fingerprint density at radius 1 is 1.12 bits per heavy atom. The number of rotatable bonds is 10. The number of morpholine rings is 1. The maximum absolute atomic E-state index is 5.46. The Morgan fingerprint density at radius 3 is 2.42 bits per heavy atom. The van der Waals surface area contributed by atoms with Gasteiger partial charge in [-0.2, -0.15) is 0 Å². The summed E-state index contributed by atoms with van der Waals surface area (Å²) in [6, 6.07) is 0. The highest BCUT2D eigenvalue weighted by atomic mass is 16.5. The summed E-state index contributed by atoms with van der Waals surface area (Å²) in [5.74, 6) is 0.923. The van der Waals surface area contributed by atoms with Crippen molar-refractivity contribution in [2.75, 3.05) is 65.6 Å². The van der Waals surface area contributed by atoms with Gasteiger partial charge in [0.05, 0.1) is 19.8 Å². The number of guanidine groups is 1. The third-order valence-corrected chi connectivity index (χ3v) is 4.54. The fourth-order valence-electron chi connectivity index (χ4n) is 2.96. The minimum atomic E-state index is 0.0593. The van der Waals surface area contributed by atoms with Crippen LogP contribution in [0.25, 0.3) is 0 Å². The minimum absolute atomic E-state index is 0.0593. The zero-order valence-electron chi connectivity index (χ0n) is 16.5. The van der Waals surface area contributed by atoms with Gasteiger partial charge in [0, 0.05) is 38.3 Å². The van der Waals surface area contributed by atoms with E-state index in [2.05, 4.69) is 55.1 Å². The standard InChI is InChI=1S/C18H39N5O/c1-6-10-22(8-3)11-9-20-17(19-7-2)21-16-18(4,5)23-12-14-24-15-13-23/h6-16H2,1-5H3,(H2,19,20,21). The average Bonchev–Trinajstić information content (AvgIpc) is 2.59. The molecule has 0 bridgehead atoms. The highest BCUT2D eigenvalue weighted by Gasteiger charge is 2.28. The Kier molecular flexibility index (Phi) is 10.3. The van der Waals surface area contributed by atoms with Crippen LogP contribution in [-0.4, -0.2) is 86.9 Å². The van der Waals surface area contributed by atoms with Crippen LogP contribution >= 0.6 is 0 Å². The number of hydrogen-bond acceptors (Lipinski definition) is 4. The molecular formula is C18H39N5O. The van der Waals surface area contributed by atoms with Crippen molar-refractivity contribution in [1.82, 2.24) is 20.4 Å². The topological polar surface area (TPSA) is 52.1 Å². The number of nitrogens with zero attached hydrogens (tertiary/aromatic N) is 3. The van der Waals surface area contributed by atoms with Crippen molar-refractivity contribution in [3.63, 3.8) is 0 Å². The summed E-state index contributed by atoms with van der Waals surface area (Å²) >= 11 is 0. The van der Waals surface area contributed by atoms with Crippen LogP contribution in [0.2, 0.25) is 0 Å². The monoisotopic (exact) mass is 341 g/mol. The first-order valence-corrected chi connectivity index (χ1v) is 9.60. The fourth-order valence-corrected chi connectivity index (χ4v) is 2.96. The molecule has 24 heavy (non-hydrogen) atoms. The molecule has 1 fully saturated rings. The van der Waals surface area contributed by atoms with Gasteiger partial charge in [0.2, 0.25) is 0 Å². The predicted molar refractivity (Wildman–Crippen MR) is 103 cm³/mol. The van der Waals surface area contributed by atoms with Crippen LogP contribution in [0.4, 0.5) is 0 Å². The summed E-state index contributed by atoms with van der Waals surface area (Å²) in [6.45, 7) is 20.7. The largest absolute Gasteiger partial charge is 0.379 e. The van der Waals surface area contributed by atoms with Gasteiger partial charge >= 0.3 is 0 Å². The summed E-state index contributed by atoms with van der Waals surface area (Å²) < 4.78 is 5.46. The third kappa shape index (κ3) is 7.81. The van der Waals surface area contributed by atoms with Gasteiger partial charge in [0.1, 0.15) is 0 Å². The molecule has 1 heterocycles. The van der Waals surface area contributed by atoms with E-state index in [9.17, 15) is 0 Å². The lowest BCUT2D eigenvalue weighted by Gasteiger charge is -2.39. The van der Waals surface area contributed by atoms with Crippen molar-refractivity contribution < 1.29 is 4.74 Å². The zero-order valence-corrected chi connectivity index (χ0v) is 16.5. The number of hydrogen-bond donors (Lipinski definition) is 2. The molecule has 142 valence electrons. The SMILES string of the molecule is CCCN(CC)CCNC(=NCC(C)(C)N1CCOCC1)NCC. The van der Waals surface area contributed by atoms with Gasteiger partial charge in [-0.3, -0.25) is 9.89 Å². The van der Waals surface area contributed by atoms with Crippen molar-refractivity contribution in [2.45, 2.75) is 46.6 Å². The molecule has 6 heteroatoms. The van der Waals surface area contributed by atoms with E-state index in [0.29, 0.717) is 0 Å². The van der Waals surface area contributed by atoms with Gasteiger partial charge < -0.3 is 20.3 Å². The van der Waals surface area contributed by atoms with Crippen molar-refractivity contribution in [3.8, 4) is 0 Å². The van der Waals surface area contributed by atoms with E-state index in [1.807, 2.05) is 0 Å². The molecule has 1 rings (SSSR count). The molecule has 6 nitrogen and oxygen atoms in total. The van der Waals surface area contributed by atoms with E-state index >= 15 is 0 Å². The van der Waals surface area contributed by atoms with Crippen LogP contribution in [0.3, 0.4) is 0 Å². The summed E-state index contributed by atoms with van der Waals surface area (Å²) in [5, 5.41) is 6.83. The molecular weight excluding hydrogens is 302 g/mol. The highest BCUT2D eigenvalue weighted by molar-refractivity contribution is 5.79. The molecule has 0 aromatic carbocycles. The maximum Gasteiger partial charge on any atom is 0.191 e. The van der Waals surface area contributed by atoms with Crippen molar-refractivity contribution in [2.24, 2.45) is 4.99 Å². The molecule has 2 N–H and O–H groups in total. The lowest BCUT2D eigenvalue weighted by atomic mass is 10.0. The van der Waals surface area contributed by atoms with Gasteiger partial charge in [-0.15, -0.1) is 0 Å².